The molecule has 0 saturated heterocycles. The van der Waals surface area contributed by atoms with Gasteiger partial charge in [0.25, 0.3) is 0 Å². The monoisotopic (exact) mass is 335 g/mol. The summed E-state index contributed by atoms with van der Waals surface area (Å²) in [5, 5.41) is 4.06. The molecule has 25 heavy (non-hydrogen) atoms. The minimum atomic E-state index is -0.193. The molecule has 2 aromatic heterocycles. The first-order chi connectivity index (χ1) is 12.3. The summed E-state index contributed by atoms with van der Waals surface area (Å²) in [6.45, 7) is 0.680. The fraction of sp³-hybridized carbons (Fsp3) is 0.263. The predicted molar refractivity (Wildman–Crippen MR) is 94.5 cm³/mol. The maximum atomic E-state index is 12.7. The van der Waals surface area contributed by atoms with Crippen LogP contribution in [0.15, 0.2) is 67.4 Å². The van der Waals surface area contributed by atoms with Crippen molar-refractivity contribution in [2.45, 2.75) is 25.4 Å². The third-order valence-corrected chi connectivity index (χ3v) is 4.11. The first kappa shape index (κ1) is 16.8. The highest BCUT2D eigenvalue weighted by Gasteiger charge is 2.24. The standard InChI is InChI=1S/C19H21N5O/c1-23(18(25)11-7-13-24-15-20-14-22-24)19(16-8-3-2-4-9-16)17-10-5-6-12-21-17/h2-6,8-10,12,14-15,19H,7,11,13H2,1H3. The molecule has 0 bridgehead atoms. The number of nitrogens with zero attached hydrogens (tertiary/aromatic N) is 5. The van der Waals surface area contributed by atoms with Crippen LogP contribution in [-0.2, 0) is 11.3 Å². The molecule has 1 unspecified atom stereocenters. The van der Waals surface area contributed by atoms with Crippen molar-refractivity contribution in [3.05, 3.63) is 78.6 Å². The van der Waals surface area contributed by atoms with E-state index in [0.717, 1.165) is 17.7 Å². The second-order valence-corrected chi connectivity index (χ2v) is 5.83. The van der Waals surface area contributed by atoms with Crippen LogP contribution in [0, 0.1) is 0 Å². The van der Waals surface area contributed by atoms with Crippen molar-refractivity contribution in [3.8, 4) is 0 Å². The van der Waals surface area contributed by atoms with Crippen LogP contribution in [0.4, 0.5) is 0 Å². The Labute approximate surface area is 147 Å². The number of amides is 1. The van der Waals surface area contributed by atoms with Crippen LogP contribution in [-0.4, -0.2) is 37.6 Å². The average molecular weight is 335 g/mol. The molecule has 0 N–H and O–H groups in total. The van der Waals surface area contributed by atoms with E-state index >= 15 is 0 Å². The highest BCUT2D eigenvalue weighted by Crippen LogP contribution is 2.26. The van der Waals surface area contributed by atoms with E-state index in [2.05, 4.69) is 15.1 Å². The van der Waals surface area contributed by atoms with Gasteiger partial charge in [0.05, 0.1) is 11.7 Å². The Kier molecular flexibility index (Phi) is 5.51. The molecule has 3 aromatic rings. The van der Waals surface area contributed by atoms with E-state index in [9.17, 15) is 4.79 Å². The molecular formula is C19H21N5O. The third-order valence-electron chi connectivity index (χ3n) is 4.11. The Bertz CT molecular complexity index is 735. The lowest BCUT2D eigenvalue weighted by atomic mass is 10.0. The number of carbonyl (C=O) groups is 1. The molecule has 6 heteroatoms. The van der Waals surface area contributed by atoms with Gasteiger partial charge in [-0.25, -0.2) is 4.98 Å². The van der Waals surface area contributed by atoms with Crippen molar-refractivity contribution >= 4 is 5.91 Å². The second-order valence-electron chi connectivity index (χ2n) is 5.83. The van der Waals surface area contributed by atoms with E-state index in [4.69, 9.17) is 0 Å². The van der Waals surface area contributed by atoms with E-state index in [0.29, 0.717) is 13.0 Å². The molecule has 0 spiro atoms. The van der Waals surface area contributed by atoms with Gasteiger partial charge in [-0.1, -0.05) is 36.4 Å². The number of hydrogen-bond acceptors (Lipinski definition) is 4. The number of hydrogen-bond donors (Lipinski definition) is 0. The number of carbonyl (C=O) groups excluding carboxylic acids is 1. The highest BCUT2D eigenvalue weighted by molar-refractivity contribution is 5.76. The van der Waals surface area contributed by atoms with Crippen molar-refractivity contribution in [3.63, 3.8) is 0 Å². The fourth-order valence-corrected chi connectivity index (χ4v) is 2.83. The topological polar surface area (TPSA) is 63.9 Å². The number of rotatable bonds is 7. The van der Waals surface area contributed by atoms with Crippen molar-refractivity contribution in [2.24, 2.45) is 0 Å². The molecule has 0 fully saturated rings. The fourth-order valence-electron chi connectivity index (χ4n) is 2.83. The van der Waals surface area contributed by atoms with Crippen molar-refractivity contribution in [1.29, 1.82) is 0 Å². The summed E-state index contributed by atoms with van der Waals surface area (Å²) in [4.78, 5) is 22.9. The Morgan fingerprint density at radius 3 is 2.64 bits per heavy atom. The molecule has 1 aromatic carbocycles. The first-order valence-corrected chi connectivity index (χ1v) is 8.29. The lowest BCUT2D eigenvalue weighted by Gasteiger charge is -2.28. The van der Waals surface area contributed by atoms with E-state index < -0.39 is 0 Å². The second kappa shape index (κ2) is 8.19. The number of aryl methyl sites for hydroxylation is 1. The Hall–Kier alpha value is -3.02. The summed E-state index contributed by atoms with van der Waals surface area (Å²) < 4.78 is 1.74. The quantitative estimate of drug-likeness (QED) is 0.666. The van der Waals surface area contributed by atoms with Gasteiger partial charge in [0, 0.05) is 26.2 Å². The molecule has 6 nitrogen and oxygen atoms in total. The molecule has 2 heterocycles. The predicted octanol–water partition coefficient (Wildman–Crippen LogP) is 2.70. The lowest BCUT2D eigenvalue weighted by molar-refractivity contribution is -0.131. The molecule has 1 atom stereocenters. The Morgan fingerprint density at radius 1 is 1.16 bits per heavy atom. The molecule has 0 radical (unpaired) electrons. The van der Waals surface area contributed by atoms with Crippen LogP contribution < -0.4 is 0 Å². The lowest BCUT2D eigenvalue weighted by Crippen LogP contribution is -2.32. The van der Waals surface area contributed by atoms with Crippen LogP contribution in [0.5, 0.6) is 0 Å². The average Bonchev–Trinajstić information content (AvgIpc) is 3.17. The normalized spacial score (nSPS) is 11.9. The summed E-state index contributed by atoms with van der Waals surface area (Å²) >= 11 is 0. The zero-order valence-corrected chi connectivity index (χ0v) is 14.2. The molecular weight excluding hydrogens is 314 g/mol. The van der Waals surface area contributed by atoms with Crippen LogP contribution in [0.3, 0.4) is 0 Å². The molecule has 0 aliphatic carbocycles. The summed E-state index contributed by atoms with van der Waals surface area (Å²) in [6.07, 6.45) is 6.09. The van der Waals surface area contributed by atoms with Crippen LogP contribution in [0.2, 0.25) is 0 Å². The summed E-state index contributed by atoms with van der Waals surface area (Å²) in [7, 11) is 1.84. The van der Waals surface area contributed by atoms with Crippen molar-refractivity contribution in [2.75, 3.05) is 7.05 Å². The first-order valence-electron chi connectivity index (χ1n) is 8.29. The summed E-state index contributed by atoms with van der Waals surface area (Å²) in [6, 6.07) is 15.6. The minimum absolute atomic E-state index is 0.0830. The van der Waals surface area contributed by atoms with Gasteiger partial charge in [0.1, 0.15) is 12.7 Å². The zero-order valence-electron chi connectivity index (χ0n) is 14.2. The molecule has 0 aliphatic heterocycles. The highest BCUT2D eigenvalue weighted by atomic mass is 16.2. The maximum absolute atomic E-state index is 12.7. The SMILES string of the molecule is CN(C(=O)CCCn1cncn1)C(c1ccccc1)c1ccccn1. The molecule has 0 saturated carbocycles. The third kappa shape index (κ3) is 4.29. The van der Waals surface area contributed by atoms with Crippen LogP contribution in [0.25, 0.3) is 0 Å². The number of aromatic nitrogens is 4. The van der Waals surface area contributed by atoms with Gasteiger partial charge in [0.15, 0.2) is 0 Å². The minimum Gasteiger partial charge on any atom is -0.333 e. The van der Waals surface area contributed by atoms with E-state index in [1.54, 1.807) is 22.1 Å². The van der Waals surface area contributed by atoms with Gasteiger partial charge in [-0.15, -0.1) is 0 Å². The van der Waals surface area contributed by atoms with Gasteiger partial charge >= 0.3 is 0 Å². The number of pyridine rings is 1. The number of benzene rings is 1. The van der Waals surface area contributed by atoms with E-state index in [1.807, 2.05) is 55.6 Å². The smallest absolute Gasteiger partial charge is 0.223 e. The largest absolute Gasteiger partial charge is 0.333 e. The molecule has 0 aliphatic rings. The van der Waals surface area contributed by atoms with Crippen molar-refractivity contribution in [1.82, 2.24) is 24.6 Å². The van der Waals surface area contributed by atoms with Crippen LogP contribution in [0.1, 0.15) is 30.1 Å². The van der Waals surface area contributed by atoms with Gasteiger partial charge < -0.3 is 4.90 Å². The van der Waals surface area contributed by atoms with Gasteiger partial charge in [-0.3, -0.25) is 14.5 Å². The van der Waals surface area contributed by atoms with Gasteiger partial charge in [-0.05, 0) is 24.1 Å². The van der Waals surface area contributed by atoms with Gasteiger partial charge in [0.2, 0.25) is 5.91 Å². The molecule has 128 valence electrons. The molecule has 1 amide bonds. The zero-order chi connectivity index (χ0) is 17.5. The van der Waals surface area contributed by atoms with E-state index in [-0.39, 0.29) is 11.9 Å². The van der Waals surface area contributed by atoms with Gasteiger partial charge in [-0.2, -0.15) is 5.10 Å². The summed E-state index contributed by atoms with van der Waals surface area (Å²) in [5.41, 5.74) is 1.91. The maximum Gasteiger partial charge on any atom is 0.223 e. The van der Waals surface area contributed by atoms with Crippen LogP contribution >= 0.6 is 0 Å². The summed E-state index contributed by atoms with van der Waals surface area (Å²) in [5.74, 6) is 0.0830. The Morgan fingerprint density at radius 2 is 1.96 bits per heavy atom. The molecule has 3 rings (SSSR count). The Balaban J connectivity index is 1.72. The van der Waals surface area contributed by atoms with E-state index in [1.165, 1.54) is 6.33 Å². The van der Waals surface area contributed by atoms with Crippen molar-refractivity contribution < 1.29 is 4.79 Å².